The van der Waals surface area contributed by atoms with E-state index in [1.54, 1.807) is 0 Å². The minimum Gasteiger partial charge on any atom is -0.634 e. The summed E-state index contributed by atoms with van der Waals surface area (Å²) in [5.74, 6) is -1.03. The van der Waals surface area contributed by atoms with E-state index >= 15 is 0 Å². The van der Waals surface area contributed by atoms with Crippen molar-refractivity contribution in [2.45, 2.75) is 70.5 Å². The SMILES string of the molecule is CC1(C)CC(NC(=O)ON2C(=O)CCC2=O)CC(C)(C)[NH+]1[O-]. The first-order valence-electron chi connectivity index (χ1n) is 7.42. The number of quaternary nitrogens is 1. The lowest BCUT2D eigenvalue weighted by atomic mass is 9.79. The first kappa shape index (κ1) is 16.7. The lowest BCUT2D eigenvalue weighted by Crippen LogP contribution is -3.23. The molecule has 0 aromatic heterocycles. The highest BCUT2D eigenvalue weighted by Gasteiger charge is 2.46. The molecule has 22 heavy (non-hydrogen) atoms. The van der Waals surface area contributed by atoms with Crippen molar-refractivity contribution in [3.8, 4) is 0 Å². The van der Waals surface area contributed by atoms with Gasteiger partial charge in [-0.05, 0) is 27.7 Å². The van der Waals surface area contributed by atoms with Gasteiger partial charge in [0.15, 0.2) is 0 Å². The molecule has 0 unspecified atom stereocenters. The van der Waals surface area contributed by atoms with Crippen LogP contribution in [-0.2, 0) is 14.4 Å². The molecule has 2 fully saturated rings. The Morgan fingerprint density at radius 3 is 2.09 bits per heavy atom. The Kier molecular flexibility index (Phi) is 4.18. The summed E-state index contributed by atoms with van der Waals surface area (Å²) < 4.78 is 0. The maximum absolute atomic E-state index is 12.3. The lowest BCUT2D eigenvalue weighted by Gasteiger charge is -2.54. The van der Waals surface area contributed by atoms with Crippen molar-refractivity contribution in [1.29, 1.82) is 0 Å². The van der Waals surface area contributed by atoms with E-state index in [0.717, 1.165) is 0 Å². The lowest BCUT2D eigenvalue weighted by molar-refractivity contribution is -0.955. The molecule has 0 radical (unpaired) electrons. The van der Waals surface area contributed by atoms with Crippen LogP contribution in [-0.4, -0.2) is 40.1 Å². The number of rotatable bonds is 2. The Hall–Kier alpha value is -1.67. The second kappa shape index (κ2) is 5.51. The Bertz CT molecular complexity index is 469. The summed E-state index contributed by atoms with van der Waals surface area (Å²) in [6.45, 7) is 7.40. The van der Waals surface area contributed by atoms with Gasteiger partial charge >= 0.3 is 6.09 Å². The predicted octanol–water partition coefficient (Wildman–Crippen LogP) is -0.121. The highest BCUT2D eigenvalue weighted by molar-refractivity contribution is 6.01. The average molecular weight is 313 g/mol. The van der Waals surface area contributed by atoms with Crippen LogP contribution in [0.25, 0.3) is 0 Å². The molecule has 0 aromatic carbocycles. The fourth-order valence-corrected chi connectivity index (χ4v) is 3.44. The molecule has 2 saturated heterocycles. The van der Waals surface area contributed by atoms with Crippen LogP contribution in [0.15, 0.2) is 0 Å². The average Bonchev–Trinajstić information content (AvgIpc) is 2.67. The van der Waals surface area contributed by atoms with Gasteiger partial charge in [0.05, 0.1) is 11.1 Å². The molecule has 3 amide bonds. The molecule has 0 aliphatic carbocycles. The second-order valence-corrected chi connectivity index (χ2v) is 7.31. The largest absolute Gasteiger partial charge is 0.634 e. The van der Waals surface area contributed by atoms with Crippen LogP contribution < -0.4 is 10.4 Å². The molecule has 2 N–H and O–H groups in total. The van der Waals surface area contributed by atoms with Crippen LogP contribution in [0.1, 0.15) is 53.4 Å². The van der Waals surface area contributed by atoms with Crippen LogP contribution in [0.3, 0.4) is 0 Å². The number of hydroxylamine groups is 4. The number of carbonyl (C=O) groups is 3. The summed E-state index contributed by atoms with van der Waals surface area (Å²) in [4.78, 5) is 39.5. The third-order valence-electron chi connectivity index (χ3n) is 4.24. The van der Waals surface area contributed by atoms with Crippen molar-refractivity contribution in [2.24, 2.45) is 0 Å². The standard InChI is InChI=1S/C14H23N3O5/c1-13(2)7-9(8-14(3,4)17(13)21)15-12(20)22-16-10(18)5-6-11(16)19/h9,17H,5-8H2,1-4H3,(H,15,20). The molecule has 0 aromatic rings. The van der Waals surface area contributed by atoms with Crippen molar-refractivity contribution >= 4 is 17.9 Å². The van der Waals surface area contributed by atoms with Gasteiger partial charge in [-0.25, -0.2) is 4.79 Å². The summed E-state index contributed by atoms with van der Waals surface area (Å²) in [5.41, 5.74) is -1.09. The van der Waals surface area contributed by atoms with E-state index in [1.165, 1.54) is 0 Å². The molecule has 0 bridgehead atoms. The third kappa shape index (κ3) is 3.22. The highest BCUT2D eigenvalue weighted by atomic mass is 16.7. The summed E-state index contributed by atoms with van der Waals surface area (Å²) >= 11 is 0. The van der Waals surface area contributed by atoms with Gasteiger partial charge in [-0.2, -0.15) is 0 Å². The van der Waals surface area contributed by atoms with E-state index in [9.17, 15) is 19.6 Å². The number of nitrogens with zero attached hydrogens (tertiary/aromatic N) is 1. The van der Waals surface area contributed by atoms with E-state index in [4.69, 9.17) is 4.84 Å². The fourth-order valence-electron chi connectivity index (χ4n) is 3.44. The number of amides is 3. The van der Waals surface area contributed by atoms with E-state index in [2.05, 4.69) is 5.32 Å². The Morgan fingerprint density at radius 1 is 1.18 bits per heavy atom. The highest BCUT2D eigenvalue weighted by Crippen LogP contribution is 2.24. The number of hydrogen-bond acceptors (Lipinski definition) is 5. The van der Waals surface area contributed by atoms with Gasteiger partial charge in [0.2, 0.25) is 0 Å². The minimum atomic E-state index is -0.838. The van der Waals surface area contributed by atoms with Gasteiger partial charge < -0.3 is 20.4 Å². The zero-order chi connectivity index (χ0) is 16.7. The second-order valence-electron chi connectivity index (χ2n) is 7.31. The van der Waals surface area contributed by atoms with Crippen LogP contribution in [0.2, 0.25) is 0 Å². The summed E-state index contributed by atoms with van der Waals surface area (Å²) in [6.07, 6.45) is 0.266. The van der Waals surface area contributed by atoms with E-state index < -0.39 is 29.0 Å². The summed E-state index contributed by atoms with van der Waals surface area (Å²) in [6, 6.07) is -0.247. The number of carbonyl (C=O) groups excluding carboxylic acids is 3. The Balaban J connectivity index is 1.97. The van der Waals surface area contributed by atoms with Gasteiger partial charge in [-0.15, -0.1) is 5.06 Å². The molecule has 0 spiro atoms. The van der Waals surface area contributed by atoms with Gasteiger partial charge in [0, 0.05) is 31.7 Å². The van der Waals surface area contributed by atoms with Gasteiger partial charge in [-0.1, -0.05) is 0 Å². The minimum absolute atomic E-state index is 0.0596. The van der Waals surface area contributed by atoms with Gasteiger partial charge in [0.25, 0.3) is 11.8 Å². The van der Waals surface area contributed by atoms with Crippen LogP contribution in [0.5, 0.6) is 0 Å². The van der Waals surface area contributed by atoms with Crippen molar-refractivity contribution in [1.82, 2.24) is 10.4 Å². The normalized spacial score (nSPS) is 30.3. The third-order valence-corrected chi connectivity index (χ3v) is 4.24. The van der Waals surface area contributed by atoms with E-state index in [0.29, 0.717) is 17.9 Å². The molecule has 8 heteroatoms. The van der Waals surface area contributed by atoms with Crippen molar-refractivity contribution in [3.05, 3.63) is 5.21 Å². The molecule has 8 nitrogen and oxygen atoms in total. The van der Waals surface area contributed by atoms with Crippen LogP contribution in [0, 0.1) is 5.21 Å². The molecule has 2 rings (SSSR count). The van der Waals surface area contributed by atoms with Crippen LogP contribution >= 0.6 is 0 Å². The van der Waals surface area contributed by atoms with Crippen molar-refractivity contribution < 1.29 is 24.3 Å². The maximum Gasteiger partial charge on any atom is 0.432 e. The number of imide groups is 1. The molecule has 124 valence electrons. The zero-order valence-corrected chi connectivity index (χ0v) is 13.4. The van der Waals surface area contributed by atoms with Gasteiger partial charge in [0.1, 0.15) is 0 Å². The van der Waals surface area contributed by atoms with Gasteiger partial charge in [-0.3, -0.25) is 9.59 Å². The zero-order valence-electron chi connectivity index (χ0n) is 13.4. The van der Waals surface area contributed by atoms with Crippen molar-refractivity contribution in [2.75, 3.05) is 0 Å². The first-order chi connectivity index (χ1) is 10.0. The van der Waals surface area contributed by atoms with Crippen LogP contribution in [0.4, 0.5) is 4.79 Å². The Morgan fingerprint density at radius 2 is 1.64 bits per heavy atom. The monoisotopic (exact) mass is 313 g/mol. The molecule has 0 saturated carbocycles. The molecule has 0 atom stereocenters. The number of hydrogen-bond donors (Lipinski definition) is 2. The molecular weight excluding hydrogens is 290 g/mol. The predicted molar refractivity (Wildman–Crippen MR) is 76.2 cm³/mol. The number of piperidine rings is 1. The molecular formula is C14H23N3O5. The quantitative estimate of drug-likeness (QED) is 0.546. The fraction of sp³-hybridized carbons (Fsp3) is 0.786. The molecule has 2 aliphatic heterocycles. The van der Waals surface area contributed by atoms with E-state index in [1.807, 2.05) is 27.7 Å². The number of nitrogens with one attached hydrogen (secondary N) is 2. The van der Waals surface area contributed by atoms with E-state index in [-0.39, 0.29) is 23.9 Å². The molecule has 2 aliphatic rings. The summed E-state index contributed by atoms with van der Waals surface area (Å²) in [7, 11) is 0. The summed E-state index contributed by atoms with van der Waals surface area (Å²) in [5, 5.41) is 15.7. The Labute approximate surface area is 129 Å². The maximum atomic E-state index is 12.3. The van der Waals surface area contributed by atoms with Crippen molar-refractivity contribution in [3.63, 3.8) is 0 Å². The molecule has 2 heterocycles. The first-order valence-corrected chi connectivity index (χ1v) is 7.42. The smallest absolute Gasteiger partial charge is 0.432 e. The topological polar surface area (TPSA) is 103 Å².